The molecule has 0 atom stereocenters. The minimum Gasteiger partial charge on any atom is -0.465 e. The Morgan fingerprint density at radius 1 is 1.56 bits per heavy atom. The molecule has 0 saturated carbocycles. The maximum atomic E-state index is 11.4. The van der Waals surface area contributed by atoms with Gasteiger partial charge in [0.05, 0.1) is 7.11 Å². The highest BCUT2D eigenvalue weighted by atomic mass is 16.5. The summed E-state index contributed by atoms with van der Waals surface area (Å²) in [4.78, 5) is 19.8. The van der Waals surface area contributed by atoms with E-state index in [1.165, 1.54) is 13.3 Å². The third-order valence-electron chi connectivity index (χ3n) is 2.07. The second kappa shape index (κ2) is 5.44. The fourth-order valence-corrected chi connectivity index (χ4v) is 1.33. The molecule has 0 unspecified atom stereocenters. The Morgan fingerprint density at radius 2 is 2.25 bits per heavy atom. The van der Waals surface area contributed by atoms with Gasteiger partial charge in [-0.15, -0.1) is 0 Å². The zero-order valence-corrected chi connectivity index (χ0v) is 10.1. The molecule has 0 fully saturated rings. The number of carbonyl (C=O) groups excluding carboxylic acids is 1. The van der Waals surface area contributed by atoms with Crippen LogP contribution in [0.15, 0.2) is 6.20 Å². The Hall–Kier alpha value is -1.65. The minimum absolute atomic E-state index is 0.359. The van der Waals surface area contributed by atoms with Gasteiger partial charge < -0.3 is 10.1 Å². The van der Waals surface area contributed by atoms with Crippen LogP contribution in [0.1, 0.15) is 30.0 Å². The number of hydrogen-bond donors (Lipinski definition) is 1. The van der Waals surface area contributed by atoms with Gasteiger partial charge in [-0.1, -0.05) is 13.8 Å². The largest absolute Gasteiger partial charge is 0.465 e. The Labute approximate surface area is 95.3 Å². The van der Waals surface area contributed by atoms with Crippen molar-refractivity contribution in [3.63, 3.8) is 0 Å². The van der Waals surface area contributed by atoms with E-state index < -0.39 is 5.97 Å². The number of esters is 1. The van der Waals surface area contributed by atoms with Crippen molar-refractivity contribution >= 4 is 11.8 Å². The molecule has 0 radical (unpaired) electrons. The molecular weight excluding hydrogens is 206 g/mol. The summed E-state index contributed by atoms with van der Waals surface area (Å²) >= 11 is 0. The van der Waals surface area contributed by atoms with E-state index in [2.05, 4.69) is 33.9 Å². The summed E-state index contributed by atoms with van der Waals surface area (Å²) in [6.07, 6.45) is 2.29. The van der Waals surface area contributed by atoms with Gasteiger partial charge in [-0.05, 0) is 5.92 Å². The number of nitrogens with zero attached hydrogens (tertiary/aromatic N) is 2. The molecule has 5 nitrogen and oxygen atoms in total. The van der Waals surface area contributed by atoms with Crippen LogP contribution in [0.3, 0.4) is 0 Å². The average molecular weight is 223 g/mol. The van der Waals surface area contributed by atoms with Crippen LogP contribution in [-0.2, 0) is 11.2 Å². The molecule has 0 aliphatic rings. The van der Waals surface area contributed by atoms with Gasteiger partial charge in [-0.25, -0.2) is 14.8 Å². The number of ether oxygens (including phenoxy) is 1. The maximum absolute atomic E-state index is 11.4. The fraction of sp³-hybridized carbons (Fsp3) is 0.545. The first kappa shape index (κ1) is 12.4. The second-order valence-corrected chi connectivity index (χ2v) is 3.89. The summed E-state index contributed by atoms with van der Waals surface area (Å²) in [5.41, 5.74) is 0.359. The maximum Gasteiger partial charge on any atom is 0.343 e. The minimum atomic E-state index is -0.430. The summed E-state index contributed by atoms with van der Waals surface area (Å²) in [6.45, 7) is 4.19. The number of aromatic nitrogens is 2. The summed E-state index contributed by atoms with van der Waals surface area (Å²) < 4.78 is 4.64. The number of hydrogen-bond acceptors (Lipinski definition) is 5. The molecule has 0 aliphatic heterocycles. The summed E-state index contributed by atoms with van der Waals surface area (Å²) in [5, 5.41) is 2.87. The molecule has 0 bridgehead atoms. The summed E-state index contributed by atoms with van der Waals surface area (Å²) in [7, 11) is 3.05. The van der Waals surface area contributed by atoms with E-state index in [9.17, 15) is 4.79 Å². The van der Waals surface area contributed by atoms with Gasteiger partial charge >= 0.3 is 5.97 Å². The Bertz CT molecular complexity index is 377. The quantitative estimate of drug-likeness (QED) is 0.784. The lowest BCUT2D eigenvalue weighted by atomic mass is 10.1. The molecule has 1 aromatic heterocycles. The van der Waals surface area contributed by atoms with Gasteiger partial charge in [-0.3, -0.25) is 0 Å². The molecule has 0 spiro atoms. The van der Waals surface area contributed by atoms with Crippen LogP contribution in [0, 0.1) is 5.92 Å². The van der Waals surface area contributed by atoms with Crippen molar-refractivity contribution < 1.29 is 9.53 Å². The van der Waals surface area contributed by atoms with Crippen molar-refractivity contribution in [1.29, 1.82) is 0 Å². The number of nitrogens with one attached hydrogen (secondary N) is 1. The van der Waals surface area contributed by atoms with Gasteiger partial charge in [0.15, 0.2) is 0 Å². The Morgan fingerprint density at radius 3 is 2.75 bits per heavy atom. The summed E-state index contributed by atoms with van der Waals surface area (Å²) in [5.74, 6) is 1.29. The summed E-state index contributed by atoms with van der Waals surface area (Å²) in [6, 6.07) is 0. The zero-order valence-electron chi connectivity index (χ0n) is 10.1. The number of methoxy groups -OCH3 is 1. The van der Waals surface area contributed by atoms with Crippen molar-refractivity contribution in [1.82, 2.24) is 9.97 Å². The molecule has 5 heteroatoms. The topological polar surface area (TPSA) is 64.1 Å². The lowest BCUT2D eigenvalue weighted by molar-refractivity contribution is 0.0601. The van der Waals surface area contributed by atoms with Gasteiger partial charge in [0, 0.05) is 19.7 Å². The molecule has 0 aliphatic carbocycles. The lowest BCUT2D eigenvalue weighted by Gasteiger charge is -2.09. The highest BCUT2D eigenvalue weighted by Crippen LogP contribution is 2.13. The van der Waals surface area contributed by atoms with Crippen LogP contribution in [0.5, 0.6) is 0 Å². The third-order valence-corrected chi connectivity index (χ3v) is 2.07. The van der Waals surface area contributed by atoms with Crippen LogP contribution in [-0.4, -0.2) is 30.1 Å². The average Bonchev–Trinajstić information content (AvgIpc) is 2.27. The molecule has 16 heavy (non-hydrogen) atoms. The first-order valence-electron chi connectivity index (χ1n) is 5.20. The van der Waals surface area contributed by atoms with Crippen LogP contribution in [0.2, 0.25) is 0 Å². The first-order chi connectivity index (χ1) is 7.58. The van der Waals surface area contributed by atoms with Crippen molar-refractivity contribution in [2.75, 3.05) is 19.5 Å². The van der Waals surface area contributed by atoms with Gasteiger partial charge in [0.2, 0.25) is 0 Å². The van der Waals surface area contributed by atoms with E-state index in [0.29, 0.717) is 17.3 Å². The van der Waals surface area contributed by atoms with Crippen molar-refractivity contribution in [3.8, 4) is 0 Å². The highest BCUT2D eigenvalue weighted by molar-refractivity contribution is 5.94. The van der Waals surface area contributed by atoms with E-state index in [1.54, 1.807) is 7.05 Å². The van der Waals surface area contributed by atoms with Crippen LogP contribution >= 0.6 is 0 Å². The lowest BCUT2D eigenvalue weighted by Crippen LogP contribution is -2.11. The molecule has 0 aromatic carbocycles. The van der Waals surface area contributed by atoms with Gasteiger partial charge in [0.25, 0.3) is 0 Å². The molecule has 1 N–H and O–H groups in total. The molecule has 1 aromatic rings. The van der Waals surface area contributed by atoms with E-state index in [1.807, 2.05) is 0 Å². The van der Waals surface area contributed by atoms with Crippen LogP contribution in [0.25, 0.3) is 0 Å². The predicted molar refractivity (Wildman–Crippen MR) is 61.5 cm³/mol. The predicted octanol–water partition coefficient (Wildman–Crippen LogP) is 1.50. The monoisotopic (exact) mass is 223 g/mol. The van der Waals surface area contributed by atoms with Gasteiger partial charge in [0.1, 0.15) is 17.2 Å². The Balaban J connectivity index is 3.01. The SMILES string of the molecule is CNc1nc(CC(C)C)ncc1C(=O)OC. The van der Waals surface area contributed by atoms with E-state index in [0.717, 1.165) is 12.2 Å². The molecule has 88 valence electrons. The van der Waals surface area contributed by atoms with E-state index in [-0.39, 0.29) is 0 Å². The molecule has 1 rings (SSSR count). The number of anilines is 1. The van der Waals surface area contributed by atoms with Crippen molar-refractivity contribution in [2.45, 2.75) is 20.3 Å². The standard InChI is InChI=1S/C11H17N3O2/c1-7(2)5-9-13-6-8(11(15)16-4)10(12-3)14-9/h6-7H,5H2,1-4H3,(H,12,13,14). The molecular formula is C11H17N3O2. The molecule has 0 amide bonds. The number of carbonyl (C=O) groups is 1. The van der Waals surface area contributed by atoms with Crippen molar-refractivity contribution in [3.05, 3.63) is 17.6 Å². The first-order valence-corrected chi connectivity index (χ1v) is 5.20. The molecule has 1 heterocycles. The van der Waals surface area contributed by atoms with E-state index >= 15 is 0 Å². The zero-order chi connectivity index (χ0) is 12.1. The smallest absolute Gasteiger partial charge is 0.343 e. The number of rotatable bonds is 4. The van der Waals surface area contributed by atoms with Crippen LogP contribution in [0.4, 0.5) is 5.82 Å². The Kier molecular flexibility index (Phi) is 4.22. The second-order valence-electron chi connectivity index (χ2n) is 3.89. The normalized spacial score (nSPS) is 10.3. The van der Waals surface area contributed by atoms with Gasteiger partial charge in [-0.2, -0.15) is 0 Å². The van der Waals surface area contributed by atoms with E-state index in [4.69, 9.17) is 0 Å². The highest BCUT2D eigenvalue weighted by Gasteiger charge is 2.14. The fourth-order valence-electron chi connectivity index (χ4n) is 1.33. The molecule has 0 saturated heterocycles. The van der Waals surface area contributed by atoms with Crippen molar-refractivity contribution in [2.24, 2.45) is 5.92 Å². The van der Waals surface area contributed by atoms with Crippen LogP contribution < -0.4 is 5.32 Å². The third kappa shape index (κ3) is 2.92.